The van der Waals surface area contributed by atoms with Crippen LogP contribution in [0.3, 0.4) is 0 Å². The molecule has 2 aromatic heterocycles. The molecule has 75 heavy (non-hydrogen) atoms. The van der Waals surface area contributed by atoms with E-state index in [1.165, 1.54) is 12.1 Å². The van der Waals surface area contributed by atoms with Crippen LogP contribution in [-0.2, 0) is 10.8 Å². The lowest BCUT2D eigenvalue weighted by Gasteiger charge is -2.33. The van der Waals surface area contributed by atoms with Gasteiger partial charge in [0.05, 0.1) is 28.2 Å². The zero-order valence-electron chi connectivity index (χ0n) is 41.3. The van der Waals surface area contributed by atoms with Gasteiger partial charge in [0.25, 0.3) is 0 Å². The monoisotopic (exact) mass is 972 g/mol. The summed E-state index contributed by atoms with van der Waals surface area (Å²) in [5, 5.41) is 5.77. The molecule has 0 bridgehead atoms. The Kier molecular flexibility index (Phi) is 9.17. The second kappa shape index (κ2) is 15.9. The Morgan fingerprint density at radius 2 is 0.827 bits per heavy atom. The van der Waals surface area contributed by atoms with Crippen molar-refractivity contribution < 1.29 is 17.6 Å². The first-order chi connectivity index (χ1) is 36.7. The predicted molar refractivity (Wildman–Crippen MR) is 303 cm³/mol. The second-order valence-corrected chi connectivity index (χ2v) is 21.0. The van der Waals surface area contributed by atoms with E-state index in [2.05, 4.69) is 160 Å². The fourth-order valence-electron chi connectivity index (χ4n) is 12.7. The summed E-state index contributed by atoms with van der Waals surface area (Å²) in [6.07, 6.45) is 0. The number of nitrogens with zero attached hydrogens (tertiary/aromatic N) is 2. The molecule has 2 aliphatic rings. The molecule has 0 N–H and O–H groups in total. The number of rotatable bonds is 6. The Balaban J connectivity index is 1.16. The van der Waals surface area contributed by atoms with Gasteiger partial charge < -0.3 is 18.6 Å². The minimum Gasteiger partial charge on any atom is -0.454 e. The molecule has 15 rings (SSSR count). The Bertz CT molecular complexity index is 4470. The molecule has 2 heterocycles. The Labute approximate surface area is 431 Å². The summed E-state index contributed by atoms with van der Waals surface area (Å²) < 4.78 is 48.4. The van der Waals surface area contributed by atoms with Crippen LogP contribution in [-0.4, -0.2) is 0 Å². The molecule has 0 saturated heterocycles. The zero-order chi connectivity index (χ0) is 50.3. The van der Waals surface area contributed by atoms with Crippen molar-refractivity contribution >= 4 is 88.8 Å². The van der Waals surface area contributed by atoms with Gasteiger partial charge in [0.15, 0.2) is 11.2 Å². The molecule has 2 aliphatic carbocycles. The summed E-state index contributed by atoms with van der Waals surface area (Å²) in [5.41, 5.74) is 14.9. The first-order valence-corrected chi connectivity index (χ1v) is 25.5. The molecule has 358 valence electrons. The molecule has 1 spiro atoms. The summed E-state index contributed by atoms with van der Waals surface area (Å²) in [6, 6.07) is 75.5. The summed E-state index contributed by atoms with van der Waals surface area (Å²) in [5.74, 6) is -0.736. The highest BCUT2D eigenvalue weighted by molar-refractivity contribution is 6.27. The molecule has 0 saturated carbocycles. The fourth-order valence-corrected chi connectivity index (χ4v) is 12.7. The van der Waals surface area contributed by atoms with Crippen LogP contribution in [0.2, 0.25) is 0 Å². The number of halogens is 2. The zero-order valence-corrected chi connectivity index (χ0v) is 41.3. The molecule has 0 unspecified atom stereocenters. The number of para-hydroxylation sites is 4. The highest BCUT2D eigenvalue weighted by atomic mass is 19.1. The van der Waals surface area contributed by atoms with Crippen LogP contribution in [0.25, 0.3) is 76.9 Å². The van der Waals surface area contributed by atoms with Crippen LogP contribution in [0.1, 0.15) is 48.6 Å². The van der Waals surface area contributed by atoms with Gasteiger partial charge in [0.1, 0.15) is 22.8 Å². The van der Waals surface area contributed by atoms with E-state index < -0.39 is 5.41 Å². The van der Waals surface area contributed by atoms with Crippen LogP contribution in [0.4, 0.5) is 42.9 Å². The third-order valence-electron chi connectivity index (χ3n) is 15.9. The number of fused-ring (bicyclic) bond motifs is 19. The number of hydrogen-bond donors (Lipinski definition) is 0. The number of furan rings is 2. The van der Waals surface area contributed by atoms with Crippen LogP contribution in [0.15, 0.2) is 233 Å². The van der Waals surface area contributed by atoms with Crippen molar-refractivity contribution in [1.82, 2.24) is 0 Å². The average molecular weight is 973 g/mol. The van der Waals surface area contributed by atoms with Crippen molar-refractivity contribution in [3.63, 3.8) is 0 Å². The molecular weight excluding hydrogens is 927 g/mol. The second-order valence-electron chi connectivity index (χ2n) is 21.0. The lowest BCUT2D eigenvalue weighted by Crippen LogP contribution is -2.27. The number of hydrogen-bond acceptors (Lipinski definition) is 4. The van der Waals surface area contributed by atoms with E-state index in [1.54, 1.807) is 12.1 Å². The van der Waals surface area contributed by atoms with Crippen LogP contribution >= 0.6 is 0 Å². The molecular formula is C69H46F2N2O2. The van der Waals surface area contributed by atoms with E-state index in [-0.39, 0.29) is 17.0 Å². The molecule has 11 aromatic carbocycles. The molecule has 0 atom stereocenters. The molecule has 0 fully saturated rings. The SMILES string of the molecule is CC(C)(C)c1ccc(N(c2ccccc2F)c2cc3c(c4c2oc2ccccc24)-c2c(cc(N(c4ccc5ccccc5c4)c4ccccc4F)c4oc5ccccc5c24)C32c3ccccc3-c3ccccc32)cc1. The van der Waals surface area contributed by atoms with Gasteiger partial charge in [-0.05, 0) is 139 Å². The van der Waals surface area contributed by atoms with Crippen LogP contribution < -0.4 is 9.80 Å². The van der Waals surface area contributed by atoms with Gasteiger partial charge in [-0.15, -0.1) is 0 Å². The van der Waals surface area contributed by atoms with E-state index in [9.17, 15) is 0 Å². The van der Waals surface area contributed by atoms with Gasteiger partial charge in [-0.1, -0.05) is 172 Å². The normalized spacial score (nSPS) is 13.2. The Hall–Kier alpha value is -9.26. The summed E-state index contributed by atoms with van der Waals surface area (Å²) in [6.45, 7) is 6.60. The standard InChI is InChI=1S/C69H46F2N2O2/c1-68(2,3)43-33-36-44(37-34-43)72(56-28-14-12-26-54(56)70)58-39-52-64(62-48-22-8-16-30-60(48)74-66(58)62)65-53(69(52)50-24-10-6-20-46(50)47-21-7-11-25-51(47)69)40-59(67-63(65)49-23-9-17-31-61(49)75-67)73(57-29-15-13-27-55(57)71)45-35-32-41-18-4-5-19-42(41)38-45/h4-40H,1-3H3. The van der Waals surface area contributed by atoms with E-state index in [4.69, 9.17) is 8.83 Å². The molecule has 0 amide bonds. The van der Waals surface area contributed by atoms with Gasteiger partial charge in [0.2, 0.25) is 0 Å². The van der Waals surface area contributed by atoms with Crippen molar-refractivity contribution in [2.45, 2.75) is 31.6 Å². The maximum Gasteiger partial charge on any atom is 0.160 e. The molecule has 6 heteroatoms. The summed E-state index contributed by atoms with van der Waals surface area (Å²) in [7, 11) is 0. The third kappa shape index (κ3) is 6.08. The predicted octanol–water partition coefficient (Wildman–Crippen LogP) is 19.5. The van der Waals surface area contributed by atoms with Crippen molar-refractivity contribution in [3.05, 3.63) is 264 Å². The van der Waals surface area contributed by atoms with Crippen molar-refractivity contribution in [3.8, 4) is 22.3 Å². The first kappa shape index (κ1) is 43.3. The first-order valence-electron chi connectivity index (χ1n) is 25.5. The van der Waals surface area contributed by atoms with Gasteiger partial charge in [0, 0.05) is 32.9 Å². The van der Waals surface area contributed by atoms with E-state index in [1.807, 2.05) is 70.5 Å². The van der Waals surface area contributed by atoms with Crippen molar-refractivity contribution in [2.75, 3.05) is 9.80 Å². The molecule has 4 nitrogen and oxygen atoms in total. The smallest absolute Gasteiger partial charge is 0.160 e. The Morgan fingerprint density at radius 3 is 1.36 bits per heavy atom. The molecule has 0 aliphatic heterocycles. The minimum atomic E-state index is -0.970. The highest BCUT2D eigenvalue weighted by Crippen LogP contribution is 2.68. The van der Waals surface area contributed by atoms with Gasteiger partial charge in [-0.3, -0.25) is 0 Å². The number of benzene rings is 11. The van der Waals surface area contributed by atoms with Crippen molar-refractivity contribution in [2.24, 2.45) is 0 Å². The van der Waals surface area contributed by atoms with E-state index in [0.29, 0.717) is 45.1 Å². The van der Waals surface area contributed by atoms with E-state index >= 15 is 8.78 Å². The topological polar surface area (TPSA) is 32.8 Å². The maximum atomic E-state index is 17.0. The van der Waals surface area contributed by atoms with Crippen LogP contribution in [0, 0.1) is 11.6 Å². The lowest BCUT2D eigenvalue weighted by atomic mass is 9.70. The van der Waals surface area contributed by atoms with Gasteiger partial charge in [-0.25, -0.2) is 8.78 Å². The largest absolute Gasteiger partial charge is 0.454 e. The van der Waals surface area contributed by atoms with Crippen molar-refractivity contribution in [1.29, 1.82) is 0 Å². The Morgan fingerprint density at radius 1 is 0.387 bits per heavy atom. The maximum absolute atomic E-state index is 17.0. The number of anilines is 6. The lowest BCUT2D eigenvalue weighted by molar-refractivity contribution is 0.590. The van der Waals surface area contributed by atoms with Gasteiger partial charge in [-0.2, -0.15) is 0 Å². The minimum absolute atomic E-state index is 0.111. The molecule has 13 aromatic rings. The summed E-state index contributed by atoms with van der Waals surface area (Å²) >= 11 is 0. The summed E-state index contributed by atoms with van der Waals surface area (Å²) in [4.78, 5) is 4.07. The fraction of sp³-hybridized carbons (Fsp3) is 0.0725. The average Bonchev–Trinajstić information content (AvgIpc) is 4.28. The quantitative estimate of drug-likeness (QED) is 0.166. The highest BCUT2D eigenvalue weighted by Gasteiger charge is 2.54. The van der Waals surface area contributed by atoms with Gasteiger partial charge >= 0.3 is 0 Å². The van der Waals surface area contributed by atoms with Crippen LogP contribution in [0.5, 0.6) is 0 Å². The third-order valence-corrected chi connectivity index (χ3v) is 15.9. The van der Waals surface area contributed by atoms with E-state index in [0.717, 1.165) is 93.8 Å². The molecule has 0 radical (unpaired) electrons.